The molecule has 0 amide bonds. The predicted octanol–water partition coefficient (Wildman–Crippen LogP) is 2.28. The number of anilines is 2. The van der Waals surface area contributed by atoms with Crippen LogP contribution in [-0.2, 0) is 0 Å². The largest absolute Gasteiger partial charge is 0.399 e. The number of hydrogen-bond donors (Lipinski definition) is 1. The first-order valence-corrected chi connectivity index (χ1v) is 4.30. The van der Waals surface area contributed by atoms with E-state index >= 15 is 0 Å². The second-order valence-corrected chi connectivity index (χ2v) is 3.40. The molecule has 0 spiro atoms. The Hall–Kier alpha value is -1.44. The lowest BCUT2D eigenvalue weighted by molar-refractivity contribution is 0.986. The number of rotatable bonds is 3. The van der Waals surface area contributed by atoms with Crippen molar-refractivity contribution in [1.29, 1.82) is 0 Å². The molecule has 0 fully saturated rings. The van der Waals surface area contributed by atoms with E-state index in [-0.39, 0.29) is 0 Å². The van der Waals surface area contributed by atoms with Crippen LogP contribution in [0.3, 0.4) is 0 Å². The molecule has 1 aromatic carbocycles. The summed E-state index contributed by atoms with van der Waals surface area (Å²) >= 11 is 0. The highest BCUT2D eigenvalue weighted by Crippen LogP contribution is 2.15. The van der Waals surface area contributed by atoms with Gasteiger partial charge in [-0.05, 0) is 31.2 Å². The highest BCUT2D eigenvalue weighted by molar-refractivity contribution is 5.53. The fraction of sp³-hybridized carbons (Fsp3) is 0.273. The third kappa shape index (κ3) is 2.82. The quantitative estimate of drug-likeness (QED) is 0.565. The molecule has 0 aliphatic heterocycles. The van der Waals surface area contributed by atoms with Crippen LogP contribution in [0.25, 0.3) is 0 Å². The molecule has 0 bridgehead atoms. The van der Waals surface area contributed by atoms with Crippen molar-refractivity contribution in [3.63, 3.8) is 0 Å². The van der Waals surface area contributed by atoms with E-state index < -0.39 is 0 Å². The number of benzene rings is 1. The van der Waals surface area contributed by atoms with E-state index in [4.69, 9.17) is 5.73 Å². The van der Waals surface area contributed by atoms with E-state index in [0.29, 0.717) is 0 Å². The summed E-state index contributed by atoms with van der Waals surface area (Å²) in [6.45, 7) is 6.77. The Bertz CT molecular complexity index is 287. The van der Waals surface area contributed by atoms with E-state index in [2.05, 4.69) is 11.5 Å². The van der Waals surface area contributed by atoms with Crippen molar-refractivity contribution in [2.45, 2.75) is 6.92 Å². The first-order chi connectivity index (χ1) is 6.09. The lowest BCUT2D eigenvalue weighted by Gasteiger charge is -2.19. The molecule has 0 unspecified atom stereocenters. The fourth-order valence-corrected chi connectivity index (χ4v) is 1.22. The van der Waals surface area contributed by atoms with Gasteiger partial charge < -0.3 is 10.6 Å². The highest BCUT2D eigenvalue weighted by atomic mass is 15.1. The van der Waals surface area contributed by atoms with Crippen LogP contribution in [0.15, 0.2) is 36.4 Å². The highest BCUT2D eigenvalue weighted by Gasteiger charge is 1.99. The first-order valence-electron chi connectivity index (χ1n) is 4.30. The lowest BCUT2D eigenvalue weighted by Crippen LogP contribution is -2.18. The number of nitrogen functional groups attached to an aromatic ring is 1. The molecule has 0 aliphatic carbocycles. The van der Waals surface area contributed by atoms with Crippen LogP contribution in [-0.4, -0.2) is 13.6 Å². The summed E-state index contributed by atoms with van der Waals surface area (Å²) in [4.78, 5) is 2.14. The summed E-state index contributed by atoms with van der Waals surface area (Å²) in [5.74, 6) is 0. The van der Waals surface area contributed by atoms with Crippen LogP contribution < -0.4 is 10.6 Å². The van der Waals surface area contributed by atoms with E-state index in [9.17, 15) is 0 Å². The van der Waals surface area contributed by atoms with E-state index in [1.54, 1.807) is 0 Å². The minimum absolute atomic E-state index is 0.799. The third-order valence-corrected chi connectivity index (χ3v) is 1.84. The van der Waals surface area contributed by atoms with Crippen molar-refractivity contribution in [3.05, 3.63) is 36.4 Å². The van der Waals surface area contributed by atoms with Gasteiger partial charge in [-0.2, -0.15) is 0 Å². The normalized spacial score (nSPS) is 9.69. The molecular weight excluding hydrogens is 160 g/mol. The molecule has 2 nitrogen and oxygen atoms in total. The molecule has 13 heavy (non-hydrogen) atoms. The molecule has 1 aromatic rings. The Morgan fingerprint density at radius 2 is 1.92 bits per heavy atom. The van der Waals surface area contributed by atoms with Gasteiger partial charge in [0.25, 0.3) is 0 Å². The van der Waals surface area contributed by atoms with Gasteiger partial charge in [-0.15, -0.1) is 0 Å². The maximum absolute atomic E-state index is 5.59. The molecule has 0 aliphatic rings. The monoisotopic (exact) mass is 176 g/mol. The Kier molecular flexibility index (Phi) is 2.96. The van der Waals surface area contributed by atoms with Gasteiger partial charge in [-0.1, -0.05) is 12.2 Å². The van der Waals surface area contributed by atoms with Gasteiger partial charge in [0.15, 0.2) is 0 Å². The molecule has 1 rings (SSSR count). The van der Waals surface area contributed by atoms with Gasteiger partial charge in [-0.25, -0.2) is 0 Å². The summed E-state index contributed by atoms with van der Waals surface area (Å²) in [6.07, 6.45) is 0. The summed E-state index contributed by atoms with van der Waals surface area (Å²) in [6, 6.07) is 7.84. The summed E-state index contributed by atoms with van der Waals surface area (Å²) < 4.78 is 0. The van der Waals surface area contributed by atoms with Gasteiger partial charge in [-0.3, -0.25) is 0 Å². The minimum atomic E-state index is 0.799. The van der Waals surface area contributed by atoms with Crippen LogP contribution in [0.1, 0.15) is 6.92 Å². The lowest BCUT2D eigenvalue weighted by atomic mass is 10.2. The molecule has 70 valence electrons. The van der Waals surface area contributed by atoms with Crippen LogP contribution in [0.4, 0.5) is 11.4 Å². The topological polar surface area (TPSA) is 29.3 Å². The van der Waals surface area contributed by atoms with Crippen molar-refractivity contribution in [1.82, 2.24) is 0 Å². The number of likely N-dealkylation sites (N-methyl/N-ethyl adjacent to an activating group) is 1. The third-order valence-electron chi connectivity index (χ3n) is 1.84. The van der Waals surface area contributed by atoms with Crippen LogP contribution >= 0.6 is 0 Å². The molecule has 0 saturated heterocycles. The van der Waals surface area contributed by atoms with E-state index in [1.807, 2.05) is 38.2 Å². The van der Waals surface area contributed by atoms with Crippen LogP contribution in [0.5, 0.6) is 0 Å². The maximum atomic E-state index is 5.59. The van der Waals surface area contributed by atoms with Gasteiger partial charge in [0.1, 0.15) is 0 Å². The molecule has 0 aromatic heterocycles. The molecule has 2 heteroatoms. The molecule has 0 radical (unpaired) electrons. The standard InChI is InChI=1S/C11H16N2/c1-9(2)8-13(3)11-6-4-10(12)5-7-11/h4-7H,1,8,12H2,2-3H3. The van der Waals surface area contributed by atoms with Crippen molar-refractivity contribution in [3.8, 4) is 0 Å². The second-order valence-electron chi connectivity index (χ2n) is 3.40. The number of nitrogens with zero attached hydrogens (tertiary/aromatic N) is 1. The zero-order valence-corrected chi connectivity index (χ0v) is 8.25. The molecule has 2 N–H and O–H groups in total. The van der Waals surface area contributed by atoms with Crippen molar-refractivity contribution in [2.24, 2.45) is 0 Å². The Morgan fingerprint density at radius 1 is 1.38 bits per heavy atom. The van der Waals surface area contributed by atoms with Crippen molar-refractivity contribution >= 4 is 11.4 Å². The van der Waals surface area contributed by atoms with Crippen molar-refractivity contribution in [2.75, 3.05) is 24.2 Å². The maximum Gasteiger partial charge on any atom is 0.0380 e. The average molecular weight is 176 g/mol. The van der Waals surface area contributed by atoms with Gasteiger partial charge in [0, 0.05) is 25.0 Å². The molecule has 0 heterocycles. The SMILES string of the molecule is C=C(C)CN(C)c1ccc(N)cc1. The summed E-state index contributed by atoms with van der Waals surface area (Å²) in [7, 11) is 2.04. The molecular formula is C11H16N2. The molecule has 0 saturated carbocycles. The Labute approximate surface area is 79.7 Å². The number of nitrogens with two attached hydrogens (primary N) is 1. The summed E-state index contributed by atoms with van der Waals surface area (Å²) in [5, 5.41) is 0. The van der Waals surface area contributed by atoms with Gasteiger partial charge in [0.2, 0.25) is 0 Å². The van der Waals surface area contributed by atoms with Gasteiger partial charge in [0.05, 0.1) is 0 Å². The fourth-order valence-electron chi connectivity index (χ4n) is 1.22. The second kappa shape index (κ2) is 3.99. The minimum Gasteiger partial charge on any atom is -0.399 e. The number of hydrogen-bond acceptors (Lipinski definition) is 2. The van der Waals surface area contributed by atoms with E-state index in [0.717, 1.165) is 23.5 Å². The van der Waals surface area contributed by atoms with Crippen LogP contribution in [0.2, 0.25) is 0 Å². The zero-order chi connectivity index (χ0) is 9.84. The Morgan fingerprint density at radius 3 is 2.38 bits per heavy atom. The first kappa shape index (κ1) is 9.65. The predicted molar refractivity (Wildman–Crippen MR) is 58.9 cm³/mol. The average Bonchev–Trinajstić information content (AvgIpc) is 2.04. The van der Waals surface area contributed by atoms with E-state index in [1.165, 1.54) is 0 Å². The smallest absolute Gasteiger partial charge is 0.0380 e. The van der Waals surface area contributed by atoms with Crippen LogP contribution in [0, 0.1) is 0 Å². The summed E-state index contributed by atoms with van der Waals surface area (Å²) in [5.41, 5.74) is 8.71. The van der Waals surface area contributed by atoms with Gasteiger partial charge >= 0.3 is 0 Å². The Balaban J connectivity index is 2.71. The van der Waals surface area contributed by atoms with Crippen molar-refractivity contribution < 1.29 is 0 Å². The zero-order valence-electron chi connectivity index (χ0n) is 8.25. The molecule has 0 atom stereocenters.